The van der Waals surface area contributed by atoms with Crippen LogP contribution in [0.1, 0.15) is 49.5 Å². The number of carbonyl (C=O) groups excluding carboxylic acids is 1. The number of nitrogens with zero attached hydrogens (tertiary/aromatic N) is 1. The van der Waals surface area contributed by atoms with E-state index in [-0.39, 0.29) is 17.1 Å². The fourth-order valence-corrected chi connectivity index (χ4v) is 3.67. The van der Waals surface area contributed by atoms with Gasteiger partial charge in [0, 0.05) is 16.8 Å². The monoisotopic (exact) mass is 473 g/mol. The van der Waals surface area contributed by atoms with Crippen LogP contribution in [0.3, 0.4) is 0 Å². The van der Waals surface area contributed by atoms with Crippen LogP contribution in [0.5, 0.6) is 5.75 Å². The van der Waals surface area contributed by atoms with Crippen molar-refractivity contribution in [3.8, 4) is 17.2 Å². The molecular weight excluding hydrogens is 446 g/mol. The molecule has 0 bridgehead atoms. The lowest BCUT2D eigenvalue weighted by molar-refractivity contribution is 0.0977. The summed E-state index contributed by atoms with van der Waals surface area (Å²) >= 11 is 5.33. The van der Waals surface area contributed by atoms with Crippen molar-refractivity contribution in [3.63, 3.8) is 0 Å². The van der Waals surface area contributed by atoms with E-state index < -0.39 is 0 Å². The molecule has 0 radical (unpaired) electrons. The second-order valence-electron chi connectivity index (χ2n) is 8.58. The summed E-state index contributed by atoms with van der Waals surface area (Å²) in [6.07, 6.45) is 0.0208. The van der Waals surface area contributed by atoms with Gasteiger partial charge < -0.3 is 14.5 Å². The minimum Gasteiger partial charge on any atom is -0.491 e. The number of thiocarbonyl (C=S) groups is 1. The van der Waals surface area contributed by atoms with E-state index in [1.165, 1.54) is 5.56 Å². The van der Waals surface area contributed by atoms with Crippen LogP contribution in [0.2, 0.25) is 0 Å². The molecule has 0 saturated carbocycles. The lowest BCUT2D eigenvalue weighted by Gasteiger charge is -2.12. The van der Waals surface area contributed by atoms with Gasteiger partial charge in [0.25, 0.3) is 5.91 Å². The van der Waals surface area contributed by atoms with Crippen molar-refractivity contribution in [1.82, 2.24) is 10.3 Å². The zero-order valence-electron chi connectivity index (χ0n) is 19.6. The molecule has 4 aromatic rings. The van der Waals surface area contributed by atoms with Gasteiger partial charge in [-0.05, 0) is 86.1 Å². The molecule has 2 N–H and O–H groups in total. The number of ether oxygens (including phenoxy) is 1. The van der Waals surface area contributed by atoms with Crippen LogP contribution < -0.4 is 15.4 Å². The highest BCUT2D eigenvalue weighted by Gasteiger charge is 2.12. The Balaban J connectivity index is 1.44. The average Bonchev–Trinajstić information content (AvgIpc) is 3.22. The number of amides is 1. The van der Waals surface area contributed by atoms with Gasteiger partial charge >= 0.3 is 0 Å². The summed E-state index contributed by atoms with van der Waals surface area (Å²) in [5.41, 5.74) is 4.71. The number of aromatic nitrogens is 1. The Morgan fingerprint density at radius 3 is 2.47 bits per heavy atom. The number of oxazole rings is 1. The molecule has 0 unspecified atom stereocenters. The number of fused-ring (bicyclic) bond motifs is 1. The van der Waals surface area contributed by atoms with Gasteiger partial charge in [0.1, 0.15) is 11.3 Å². The van der Waals surface area contributed by atoms with Crippen molar-refractivity contribution < 1.29 is 13.9 Å². The molecule has 0 spiro atoms. The molecule has 0 aliphatic carbocycles. The first kappa shape index (κ1) is 23.4. The van der Waals surface area contributed by atoms with E-state index in [2.05, 4.69) is 41.6 Å². The molecule has 4 rings (SSSR count). The van der Waals surface area contributed by atoms with Gasteiger partial charge in [0.05, 0.1) is 6.10 Å². The molecule has 0 aliphatic heterocycles. The van der Waals surface area contributed by atoms with E-state index >= 15 is 0 Å². The largest absolute Gasteiger partial charge is 0.491 e. The summed E-state index contributed by atoms with van der Waals surface area (Å²) in [6.45, 7) is 8.19. The van der Waals surface area contributed by atoms with Crippen LogP contribution in [-0.4, -0.2) is 22.1 Å². The predicted molar refractivity (Wildman–Crippen MR) is 139 cm³/mol. The van der Waals surface area contributed by atoms with Gasteiger partial charge in [0.15, 0.2) is 10.7 Å². The molecule has 0 atom stereocenters. The number of anilines is 1. The lowest BCUT2D eigenvalue weighted by Crippen LogP contribution is -2.34. The van der Waals surface area contributed by atoms with Crippen LogP contribution in [0.15, 0.2) is 71.1 Å². The first-order valence-electron chi connectivity index (χ1n) is 11.2. The highest BCUT2D eigenvalue weighted by molar-refractivity contribution is 7.80. The zero-order valence-corrected chi connectivity index (χ0v) is 20.4. The summed E-state index contributed by atoms with van der Waals surface area (Å²) < 4.78 is 11.6. The van der Waals surface area contributed by atoms with Crippen LogP contribution in [0.4, 0.5) is 5.69 Å². The molecule has 0 saturated heterocycles. The van der Waals surface area contributed by atoms with Crippen LogP contribution in [-0.2, 0) is 0 Å². The molecule has 6 nitrogen and oxygen atoms in total. The summed E-state index contributed by atoms with van der Waals surface area (Å²) in [4.78, 5) is 17.2. The number of rotatable bonds is 6. The topological polar surface area (TPSA) is 76.4 Å². The van der Waals surface area contributed by atoms with Crippen LogP contribution in [0, 0.1) is 0 Å². The van der Waals surface area contributed by atoms with E-state index in [4.69, 9.17) is 21.4 Å². The fraction of sp³-hybridized carbons (Fsp3) is 0.222. The Hall–Kier alpha value is -3.71. The first-order chi connectivity index (χ1) is 16.3. The van der Waals surface area contributed by atoms with E-state index in [0.29, 0.717) is 39.9 Å². The highest BCUT2D eigenvalue weighted by atomic mass is 32.1. The summed E-state index contributed by atoms with van der Waals surface area (Å²) in [6, 6.07) is 20.7. The number of carbonyl (C=O) groups is 1. The second-order valence-corrected chi connectivity index (χ2v) is 8.99. The van der Waals surface area contributed by atoms with Crippen molar-refractivity contribution >= 4 is 40.0 Å². The molecule has 34 heavy (non-hydrogen) atoms. The first-order valence-corrected chi connectivity index (χ1v) is 11.6. The molecular formula is C27H27N3O3S. The van der Waals surface area contributed by atoms with Crippen molar-refractivity contribution in [2.45, 2.75) is 39.7 Å². The van der Waals surface area contributed by atoms with Crippen molar-refractivity contribution in [1.29, 1.82) is 0 Å². The predicted octanol–water partition coefficient (Wildman–Crippen LogP) is 6.53. The maximum absolute atomic E-state index is 12.6. The SMILES string of the molecule is CC(C)Oc1cccc(C(=O)NC(=S)Nc2ccc3oc(-c4ccc(C(C)C)cc4)nc3c2)c1. The Morgan fingerprint density at radius 1 is 1.00 bits per heavy atom. The summed E-state index contributed by atoms with van der Waals surface area (Å²) in [5.74, 6) is 1.34. The molecule has 1 aromatic heterocycles. The van der Waals surface area contributed by atoms with Crippen molar-refractivity contribution in [3.05, 3.63) is 77.9 Å². The number of hydrogen-bond acceptors (Lipinski definition) is 5. The van der Waals surface area contributed by atoms with Gasteiger partial charge in [-0.1, -0.05) is 32.0 Å². The van der Waals surface area contributed by atoms with Crippen LogP contribution in [0.25, 0.3) is 22.6 Å². The highest BCUT2D eigenvalue weighted by Crippen LogP contribution is 2.27. The maximum atomic E-state index is 12.6. The Bertz CT molecular complexity index is 1330. The second kappa shape index (κ2) is 10.1. The smallest absolute Gasteiger partial charge is 0.257 e. The van der Waals surface area contributed by atoms with Crippen molar-refractivity contribution in [2.24, 2.45) is 0 Å². The normalized spacial score (nSPS) is 11.1. The standard InChI is InChI=1S/C27H27N3O3S/c1-16(2)18-8-10-19(11-9-18)26-29-23-15-21(12-13-24(23)33-26)28-27(34)30-25(31)20-6-5-7-22(14-20)32-17(3)4/h5-17H,1-4H3,(H2,28,30,31,34). The minimum absolute atomic E-state index is 0.0208. The minimum atomic E-state index is -0.318. The van der Waals surface area contributed by atoms with Gasteiger partial charge in [0.2, 0.25) is 5.89 Å². The lowest BCUT2D eigenvalue weighted by atomic mass is 10.0. The quantitative estimate of drug-likeness (QED) is 0.310. The molecule has 0 fully saturated rings. The Kier molecular flexibility index (Phi) is 6.93. The van der Waals surface area contributed by atoms with E-state index in [9.17, 15) is 4.79 Å². The van der Waals surface area contributed by atoms with E-state index in [0.717, 1.165) is 5.56 Å². The third-order valence-electron chi connectivity index (χ3n) is 5.16. The molecule has 1 amide bonds. The average molecular weight is 474 g/mol. The van der Waals surface area contributed by atoms with Gasteiger partial charge in [-0.25, -0.2) is 4.98 Å². The van der Waals surface area contributed by atoms with Crippen molar-refractivity contribution in [2.75, 3.05) is 5.32 Å². The molecule has 0 aliphatic rings. The molecule has 1 heterocycles. The van der Waals surface area contributed by atoms with E-state index in [1.54, 1.807) is 18.2 Å². The van der Waals surface area contributed by atoms with Gasteiger partial charge in [-0.15, -0.1) is 0 Å². The maximum Gasteiger partial charge on any atom is 0.257 e. The third kappa shape index (κ3) is 5.61. The number of benzene rings is 3. The summed E-state index contributed by atoms with van der Waals surface area (Å²) in [7, 11) is 0. The summed E-state index contributed by atoms with van der Waals surface area (Å²) in [5, 5.41) is 5.93. The number of nitrogens with one attached hydrogen (secondary N) is 2. The third-order valence-corrected chi connectivity index (χ3v) is 5.37. The van der Waals surface area contributed by atoms with Gasteiger partial charge in [-0.3, -0.25) is 10.1 Å². The number of hydrogen-bond donors (Lipinski definition) is 2. The molecule has 3 aromatic carbocycles. The van der Waals surface area contributed by atoms with Crippen LogP contribution >= 0.6 is 12.2 Å². The Morgan fingerprint density at radius 2 is 1.76 bits per heavy atom. The zero-order chi connectivity index (χ0) is 24.2. The Labute approximate surface area is 204 Å². The molecule has 174 valence electrons. The molecule has 7 heteroatoms. The van der Waals surface area contributed by atoms with E-state index in [1.807, 2.05) is 50.2 Å². The van der Waals surface area contributed by atoms with Gasteiger partial charge in [-0.2, -0.15) is 0 Å². The fourth-order valence-electron chi connectivity index (χ4n) is 3.46.